The molecule has 1 amide bonds. The molecule has 19 heavy (non-hydrogen) atoms. The molecule has 2 aliphatic heterocycles. The zero-order valence-electron chi connectivity index (χ0n) is 10.2. The molecule has 1 atom stereocenters. The van der Waals surface area contributed by atoms with E-state index in [1.165, 1.54) is 0 Å². The van der Waals surface area contributed by atoms with Gasteiger partial charge in [0.1, 0.15) is 0 Å². The standard InChI is InChI=1S/C13H14ClNO3S/c14-9-5-8-10(15-13(17)12(8)16)6-11(9)19-7-1-3-18-4-2-7/h5-7,12,16H,1-4H2,(H,15,17). The van der Waals surface area contributed by atoms with E-state index in [2.05, 4.69) is 5.32 Å². The molecule has 0 spiro atoms. The van der Waals surface area contributed by atoms with Crippen molar-refractivity contribution in [2.75, 3.05) is 18.5 Å². The van der Waals surface area contributed by atoms with Gasteiger partial charge in [-0.2, -0.15) is 0 Å². The highest BCUT2D eigenvalue weighted by molar-refractivity contribution is 8.00. The van der Waals surface area contributed by atoms with Gasteiger partial charge in [-0.3, -0.25) is 4.79 Å². The van der Waals surface area contributed by atoms with Gasteiger partial charge in [-0.15, -0.1) is 11.8 Å². The lowest BCUT2D eigenvalue weighted by Gasteiger charge is -2.22. The lowest BCUT2D eigenvalue weighted by Crippen LogP contribution is -2.17. The first-order valence-corrected chi connectivity index (χ1v) is 7.47. The van der Waals surface area contributed by atoms with E-state index in [4.69, 9.17) is 16.3 Å². The molecule has 2 aliphatic rings. The van der Waals surface area contributed by atoms with E-state index in [1.54, 1.807) is 17.8 Å². The molecule has 0 aromatic heterocycles. The van der Waals surface area contributed by atoms with Crippen LogP contribution in [0, 0.1) is 0 Å². The minimum absolute atomic E-state index is 0.390. The van der Waals surface area contributed by atoms with Crippen molar-refractivity contribution in [3.63, 3.8) is 0 Å². The van der Waals surface area contributed by atoms with Crippen molar-refractivity contribution >= 4 is 35.0 Å². The number of benzene rings is 1. The first-order chi connectivity index (χ1) is 9.15. The Labute approximate surface area is 120 Å². The summed E-state index contributed by atoms with van der Waals surface area (Å²) < 4.78 is 5.33. The van der Waals surface area contributed by atoms with Gasteiger partial charge in [0.05, 0.1) is 5.02 Å². The van der Waals surface area contributed by atoms with Gasteiger partial charge in [-0.1, -0.05) is 11.6 Å². The number of hydrogen-bond donors (Lipinski definition) is 2. The largest absolute Gasteiger partial charge is 0.381 e. The van der Waals surface area contributed by atoms with Gasteiger partial charge in [0.25, 0.3) is 5.91 Å². The molecule has 0 aliphatic carbocycles. The third-order valence-electron chi connectivity index (χ3n) is 3.37. The normalized spacial score (nSPS) is 23.3. The van der Waals surface area contributed by atoms with Gasteiger partial charge < -0.3 is 15.2 Å². The Bertz CT molecular complexity index is 517. The molecule has 6 heteroatoms. The zero-order chi connectivity index (χ0) is 13.4. The molecule has 4 nitrogen and oxygen atoms in total. The number of carbonyl (C=O) groups excluding carboxylic acids is 1. The summed E-state index contributed by atoms with van der Waals surface area (Å²) in [4.78, 5) is 12.4. The van der Waals surface area contributed by atoms with E-state index in [0.29, 0.717) is 21.5 Å². The predicted octanol–water partition coefficient (Wildman–Crippen LogP) is 2.60. The molecule has 2 N–H and O–H groups in total. The molecular weight excluding hydrogens is 286 g/mol. The van der Waals surface area contributed by atoms with Crippen LogP contribution in [0.15, 0.2) is 17.0 Å². The van der Waals surface area contributed by atoms with Crippen molar-refractivity contribution in [3.05, 3.63) is 22.7 Å². The summed E-state index contributed by atoms with van der Waals surface area (Å²) in [5.41, 5.74) is 1.22. The number of hydrogen-bond acceptors (Lipinski definition) is 4. The van der Waals surface area contributed by atoms with Crippen LogP contribution in [0.2, 0.25) is 5.02 Å². The lowest BCUT2D eigenvalue weighted by atomic mass is 10.1. The highest BCUT2D eigenvalue weighted by atomic mass is 35.5. The second-order valence-corrected chi connectivity index (χ2v) is 6.44. The van der Waals surface area contributed by atoms with Crippen molar-refractivity contribution in [3.8, 4) is 0 Å². The number of thioether (sulfide) groups is 1. The van der Waals surface area contributed by atoms with Crippen LogP contribution in [0.25, 0.3) is 0 Å². The highest BCUT2D eigenvalue weighted by Gasteiger charge is 2.30. The number of fused-ring (bicyclic) bond motifs is 1. The van der Waals surface area contributed by atoms with E-state index in [0.717, 1.165) is 31.0 Å². The number of halogens is 1. The van der Waals surface area contributed by atoms with Crippen LogP contribution in [-0.2, 0) is 9.53 Å². The maximum absolute atomic E-state index is 11.4. The summed E-state index contributed by atoms with van der Waals surface area (Å²) in [5.74, 6) is -0.390. The SMILES string of the molecule is O=C1Nc2cc(SC3CCOCC3)c(Cl)cc2C1O. The molecule has 1 aromatic carbocycles. The van der Waals surface area contributed by atoms with Crippen molar-refractivity contribution in [1.82, 2.24) is 0 Å². The van der Waals surface area contributed by atoms with Gasteiger partial charge in [0.15, 0.2) is 6.10 Å². The number of amides is 1. The summed E-state index contributed by atoms with van der Waals surface area (Å²) in [6.45, 7) is 1.57. The third-order valence-corrected chi connectivity index (χ3v) is 5.19. The summed E-state index contributed by atoms with van der Waals surface area (Å²) >= 11 is 7.95. The second kappa shape index (κ2) is 5.32. The molecule has 1 aromatic rings. The summed E-state index contributed by atoms with van der Waals surface area (Å²) in [7, 11) is 0. The lowest BCUT2D eigenvalue weighted by molar-refractivity contribution is -0.123. The topological polar surface area (TPSA) is 58.6 Å². The van der Waals surface area contributed by atoms with Crippen molar-refractivity contribution in [2.24, 2.45) is 0 Å². The monoisotopic (exact) mass is 299 g/mol. The van der Waals surface area contributed by atoms with Crippen LogP contribution in [0.1, 0.15) is 24.5 Å². The first-order valence-electron chi connectivity index (χ1n) is 6.22. The van der Waals surface area contributed by atoms with Crippen LogP contribution in [-0.4, -0.2) is 29.5 Å². The van der Waals surface area contributed by atoms with E-state index in [-0.39, 0.29) is 5.91 Å². The van der Waals surface area contributed by atoms with Crippen LogP contribution >= 0.6 is 23.4 Å². The van der Waals surface area contributed by atoms with Crippen molar-refractivity contribution in [2.45, 2.75) is 29.1 Å². The van der Waals surface area contributed by atoms with E-state index < -0.39 is 6.10 Å². The number of anilines is 1. The van der Waals surface area contributed by atoms with Crippen LogP contribution < -0.4 is 5.32 Å². The molecule has 1 fully saturated rings. The van der Waals surface area contributed by atoms with E-state index in [9.17, 15) is 9.90 Å². The Hall–Kier alpha value is -0.750. The second-order valence-electron chi connectivity index (χ2n) is 4.69. The summed E-state index contributed by atoms with van der Waals surface area (Å²) in [6.07, 6.45) is 0.912. The third kappa shape index (κ3) is 2.60. The van der Waals surface area contributed by atoms with E-state index >= 15 is 0 Å². The Morgan fingerprint density at radius 2 is 2.11 bits per heavy atom. The Kier molecular flexibility index (Phi) is 3.71. The average Bonchev–Trinajstić information content (AvgIpc) is 2.67. The van der Waals surface area contributed by atoms with Gasteiger partial charge in [0, 0.05) is 34.6 Å². The zero-order valence-corrected chi connectivity index (χ0v) is 11.8. The molecule has 0 saturated carbocycles. The molecule has 1 saturated heterocycles. The molecule has 102 valence electrons. The minimum atomic E-state index is -1.10. The smallest absolute Gasteiger partial charge is 0.257 e. The van der Waals surface area contributed by atoms with Gasteiger partial charge in [-0.25, -0.2) is 0 Å². The quantitative estimate of drug-likeness (QED) is 0.881. The van der Waals surface area contributed by atoms with Crippen molar-refractivity contribution < 1.29 is 14.6 Å². The molecule has 0 radical (unpaired) electrons. The maximum atomic E-state index is 11.4. The Balaban J connectivity index is 1.83. The maximum Gasteiger partial charge on any atom is 0.257 e. The van der Waals surface area contributed by atoms with Crippen LogP contribution in [0.5, 0.6) is 0 Å². The molecule has 2 heterocycles. The number of aliphatic hydroxyl groups excluding tert-OH is 1. The molecule has 3 rings (SSSR count). The number of carbonyl (C=O) groups is 1. The fourth-order valence-electron chi connectivity index (χ4n) is 2.31. The molecule has 1 unspecified atom stereocenters. The highest BCUT2D eigenvalue weighted by Crippen LogP contribution is 2.41. The van der Waals surface area contributed by atoms with Crippen LogP contribution in [0.4, 0.5) is 5.69 Å². The van der Waals surface area contributed by atoms with Gasteiger partial charge >= 0.3 is 0 Å². The van der Waals surface area contributed by atoms with E-state index in [1.807, 2.05) is 6.07 Å². The number of ether oxygens (including phenoxy) is 1. The van der Waals surface area contributed by atoms with Gasteiger partial charge in [-0.05, 0) is 25.0 Å². The average molecular weight is 300 g/mol. The molecule has 0 bridgehead atoms. The van der Waals surface area contributed by atoms with Gasteiger partial charge in [0.2, 0.25) is 0 Å². The fourth-order valence-corrected chi connectivity index (χ4v) is 3.76. The summed E-state index contributed by atoms with van der Waals surface area (Å²) in [6, 6.07) is 3.53. The predicted molar refractivity (Wildman–Crippen MR) is 74.7 cm³/mol. The number of nitrogens with one attached hydrogen (secondary N) is 1. The Morgan fingerprint density at radius 3 is 2.84 bits per heavy atom. The number of aliphatic hydroxyl groups is 1. The Morgan fingerprint density at radius 1 is 1.37 bits per heavy atom. The van der Waals surface area contributed by atoms with Crippen molar-refractivity contribution in [1.29, 1.82) is 0 Å². The summed E-state index contributed by atoms with van der Waals surface area (Å²) in [5, 5.41) is 13.4. The number of rotatable bonds is 2. The molecular formula is C13H14ClNO3S. The minimum Gasteiger partial charge on any atom is -0.381 e. The first kappa shape index (κ1) is 13.2. The fraction of sp³-hybridized carbons (Fsp3) is 0.462. The van der Waals surface area contributed by atoms with Crippen LogP contribution in [0.3, 0.4) is 0 Å².